The van der Waals surface area contributed by atoms with Crippen LogP contribution in [0.2, 0.25) is 0 Å². The molecule has 1 aromatic heterocycles. The minimum atomic E-state index is -0.952. The Labute approximate surface area is 246 Å². The number of nitrogens with one attached hydrogen (secondary N) is 2. The summed E-state index contributed by atoms with van der Waals surface area (Å²) in [5.41, 5.74) is 6.37. The highest BCUT2D eigenvalue weighted by Gasteiger charge is 2.55. The van der Waals surface area contributed by atoms with Crippen LogP contribution in [0.3, 0.4) is 0 Å². The van der Waals surface area contributed by atoms with Crippen LogP contribution in [-0.2, 0) is 16.0 Å². The van der Waals surface area contributed by atoms with Gasteiger partial charge in [-0.15, -0.1) is 0 Å². The van der Waals surface area contributed by atoms with E-state index in [4.69, 9.17) is 5.73 Å². The third kappa shape index (κ3) is 6.65. The van der Waals surface area contributed by atoms with E-state index in [1.54, 1.807) is 42.8 Å². The van der Waals surface area contributed by atoms with E-state index in [1.807, 2.05) is 24.3 Å². The van der Waals surface area contributed by atoms with Gasteiger partial charge in [-0.2, -0.15) is 4.98 Å². The number of carbonyl (C=O) groups excluding carboxylic acids is 3. The van der Waals surface area contributed by atoms with E-state index >= 15 is 0 Å². The number of aromatic nitrogens is 2. The topological polar surface area (TPSA) is 146 Å². The van der Waals surface area contributed by atoms with E-state index in [1.165, 1.54) is 10.1 Å². The Kier molecular flexibility index (Phi) is 8.38. The van der Waals surface area contributed by atoms with Gasteiger partial charge in [0.1, 0.15) is 5.82 Å². The summed E-state index contributed by atoms with van der Waals surface area (Å²) in [4.78, 5) is 58.9. The fraction of sp³-hybridized carbons (Fsp3) is 0.567. The Morgan fingerprint density at radius 1 is 1.02 bits per heavy atom. The van der Waals surface area contributed by atoms with Crippen LogP contribution >= 0.6 is 0 Å². The van der Waals surface area contributed by atoms with Crippen LogP contribution in [0, 0.1) is 17.8 Å². The van der Waals surface area contributed by atoms with Gasteiger partial charge < -0.3 is 20.9 Å². The Hall–Kier alpha value is -3.77. The maximum atomic E-state index is 12.8. The van der Waals surface area contributed by atoms with Crippen molar-refractivity contribution >= 4 is 23.7 Å². The van der Waals surface area contributed by atoms with Crippen LogP contribution in [0.15, 0.2) is 41.3 Å². The lowest BCUT2D eigenvalue weighted by Crippen LogP contribution is -2.58. The van der Waals surface area contributed by atoms with E-state index in [9.17, 15) is 19.2 Å². The van der Waals surface area contributed by atoms with Crippen molar-refractivity contribution in [1.82, 2.24) is 29.6 Å². The number of nitrogens with zero attached hydrogens (tertiary/aromatic N) is 5. The number of carbonyl (C=O) groups is 3. The molecule has 42 heavy (non-hydrogen) atoms. The van der Waals surface area contributed by atoms with Gasteiger partial charge in [0.15, 0.2) is 0 Å². The highest BCUT2D eigenvalue weighted by atomic mass is 16.2. The van der Waals surface area contributed by atoms with Gasteiger partial charge in [0.05, 0.1) is 11.2 Å². The molecule has 0 bridgehead atoms. The number of benzene rings is 1. The van der Waals surface area contributed by atoms with Crippen molar-refractivity contribution in [3.8, 4) is 5.69 Å². The molecule has 2 aliphatic heterocycles. The average molecular weight is 579 g/mol. The van der Waals surface area contributed by atoms with Gasteiger partial charge >= 0.3 is 11.7 Å². The van der Waals surface area contributed by atoms with Crippen molar-refractivity contribution < 1.29 is 14.4 Å². The van der Waals surface area contributed by atoms with Gasteiger partial charge in [-0.05, 0) is 68.7 Å². The monoisotopic (exact) mass is 578 g/mol. The lowest BCUT2D eigenvalue weighted by atomic mass is 10.0. The first-order valence-corrected chi connectivity index (χ1v) is 14.7. The number of rotatable bonds is 8. The number of nitrogens with two attached hydrogens (primary N) is 1. The highest BCUT2D eigenvalue weighted by molar-refractivity contribution is 5.89. The second-order valence-corrected chi connectivity index (χ2v) is 12.5. The van der Waals surface area contributed by atoms with Gasteiger partial charge in [-0.1, -0.05) is 12.1 Å². The lowest BCUT2D eigenvalue weighted by molar-refractivity contribution is -0.137. The van der Waals surface area contributed by atoms with E-state index in [0.717, 1.165) is 26.1 Å². The summed E-state index contributed by atoms with van der Waals surface area (Å²) in [5.74, 6) is 2.09. The second-order valence-electron chi connectivity index (χ2n) is 12.5. The van der Waals surface area contributed by atoms with Gasteiger partial charge in [0.2, 0.25) is 11.8 Å². The zero-order chi connectivity index (χ0) is 30.2. The standard InChI is InChI=1S/C30H42N8O4/c1-19(37-17-24-23(25(24)18-37)16-32-20(2)39)15-21-5-7-22(8-6-21)38-10-9-26(34-29(38)42)33-28(41)36-13-11-35(12-14-36)27(40)30(3,4)31/h5-10,19,23-25H,11-18,31H2,1-4H3,(H,32,39)(H,33,34,41,42). The fourth-order valence-corrected chi connectivity index (χ4v) is 6.25. The molecular formula is C30H42N8O4. The largest absolute Gasteiger partial charge is 0.356 e. The van der Waals surface area contributed by atoms with Crippen molar-refractivity contribution in [1.29, 1.82) is 0 Å². The number of amides is 4. The van der Waals surface area contributed by atoms with E-state index in [2.05, 4.69) is 27.4 Å². The molecule has 12 nitrogen and oxygen atoms in total. The van der Waals surface area contributed by atoms with Crippen molar-refractivity contribution in [2.45, 2.75) is 45.7 Å². The summed E-state index contributed by atoms with van der Waals surface area (Å²) in [5, 5.41) is 5.65. The third-order valence-corrected chi connectivity index (χ3v) is 8.80. The normalized spacial score (nSPS) is 22.8. The lowest BCUT2D eigenvalue weighted by Gasteiger charge is -2.37. The molecule has 1 saturated carbocycles. The molecule has 1 aliphatic carbocycles. The van der Waals surface area contributed by atoms with Gasteiger partial charge in [-0.25, -0.2) is 9.59 Å². The van der Waals surface area contributed by atoms with E-state index in [0.29, 0.717) is 55.7 Å². The summed E-state index contributed by atoms with van der Waals surface area (Å²) >= 11 is 0. The van der Waals surface area contributed by atoms with Crippen LogP contribution in [0.4, 0.5) is 10.6 Å². The first kappa shape index (κ1) is 29.7. The van der Waals surface area contributed by atoms with Crippen LogP contribution < -0.4 is 22.1 Å². The number of fused-ring (bicyclic) bond motifs is 1. The molecule has 3 atom stereocenters. The number of piperidine rings is 1. The van der Waals surface area contributed by atoms with Gasteiger partial charge in [0, 0.05) is 65.0 Å². The molecule has 2 aromatic rings. The number of piperazine rings is 1. The van der Waals surface area contributed by atoms with E-state index in [-0.39, 0.29) is 23.7 Å². The highest BCUT2D eigenvalue weighted by Crippen LogP contribution is 2.51. The number of urea groups is 1. The van der Waals surface area contributed by atoms with Crippen LogP contribution in [0.1, 0.15) is 33.3 Å². The molecule has 2 saturated heterocycles. The molecule has 0 spiro atoms. The zero-order valence-electron chi connectivity index (χ0n) is 24.9. The fourth-order valence-electron chi connectivity index (χ4n) is 6.25. The summed E-state index contributed by atoms with van der Waals surface area (Å²) in [6.45, 7) is 11.7. The summed E-state index contributed by atoms with van der Waals surface area (Å²) in [7, 11) is 0. The molecule has 3 fully saturated rings. The second kappa shape index (κ2) is 11.8. The third-order valence-electron chi connectivity index (χ3n) is 8.80. The molecule has 3 unspecified atom stereocenters. The van der Waals surface area contributed by atoms with Crippen molar-refractivity contribution in [2.75, 3.05) is 51.1 Å². The van der Waals surface area contributed by atoms with Gasteiger partial charge in [-0.3, -0.25) is 24.4 Å². The number of hydrogen-bond donors (Lipinski definition) is 3. The molecule has 3 aliphatic rings. The Morgan fingerprint density at radius 3 is 2.21 bits per heavy atom. The predicted octanol–water partition coefficient (Wildman–Crippen LogP) is 0.891. The van der Waals surface area contributed by atoms with Gasteiger partial charge in [0.25, 0.3) is 0 Å². The SMILES string of the molecule is CC(=O)NCC1C2CN(C(C)Cc3ccc(-n4ccc(NC(=O)N5CCN(C(=O)C(C)(C)N)CC5)nc4=O)cc3)CC12. The molecule has 5 rings (SSSR count). The molecule has 0 radical (unpaired) electrons. The summed E-state index contributed by atoms with van der Waals surface area (Å²) in [6, 6.07) is 9.56. The molecule has 3 heterocycles. The number of anilines is 1. The predicted molar refractivity (Wildman–Crippen MR) is 159 cm³/mol. The smallest absolute Gasteiger partial charge is 0.354 e. The first-order chi connectivity index (χ1) is 19.9. The molecular weight excluding hydrogens is 536 g/mol. The molecule has 4 N–H and O–H groups in total. The average Bonchev–Trinajstić information content (AvgIpc) is 3.39. The molecule has 1 aromatic carbocycles. The molecule has 12 heteroatoms. The maximum Gasteiger partial charge on any atom is 0.354 e. The van der Waals surface area contributed by atoms with Crippen molar-refractivity contribution in [3.63, 3.8) is 0 Å². The maximum absolute atomic E-state index is 12.8. The summed E-state index contributed by atoms with van der Waals surface area (Å²) < 4.78 is 1.45. The Balaban J connectivity index is 1.10. The van der Waals surface area contributed by atoms with Crippen LogP contribution in [0.25, 0.3) is 5.69 Å². The van der Waals surface area contributed by atoms with Crippen LogP contribution in [-0.4, -0.2) is 99.5 Å². The minimum absolute atomic E-state index is 0.0444. The minimum Gasteiger partial charge on any atom is -0.356 e. The van der Waals surface area contributed by atoms with E-state index < -0.39 is 11.2 Å². The molecule has 226 valence electrons. The Bertz CT molecular complexity index is 1360. The van der Waals surface area contributed by atoms with Crippen LogP contribution in [0.5, 0.6) is 0 Å². The number of likely N-dealkylation sites (tertiary alicyclic amines) is 1. The van der Waals surface area contributed by atoms with Crippen molar-refractivity contribution in [3.05, 3.63) is 52.6 Å². The zero-order valence-corrected chi connectivity index (χ0v) is 24.9. The van der Waals surface area contributed by atoms with Crippen molar-refractivity contribution in [2.24, 2.45) is 23.5 Å². The quantitative estimate of drug-likeness (QED) is 0.422. The molecule has 4 amide bonds. The number of hydrogen-bond acceptors (Lipinski definition) is 7. The Morgan fingerprint density at radius 2 is 1.64 bits per heavy atom. The summed E-state index contributed by atoms with van der Waals surface area (Å²) in [6.07, 6.45) is 2.52. The first-order valence-electron chi connectivity index (χ1n) is 14.7.